The third-order valence-electron chi connectivity index (χ3n) is 3.63. The fourth-order valence-corrected chi connectivity index (χ4v) is 2.24. The van der Waals surface area contributed by atoms with E-state index in [0.29, 0.717) is 12.3 Å². The maximum Gasteiger partial charge on any atom is 0.417 e. The van der Waals surface area contributed by atoms with Gasteiger partial charge >= 0.3 is 6.09 Å². The van der Waals surface area contributed by atoms with Gasteiger partial charge in [-0.15, -0.1) is 0 Å². The van der Waals surface area contributed by atoms with Gasteiger partial charge in [-0.25, -0.2) is 4.79 Å². The summed E-state index contributed by atoms with van der Waals surface area (Å²) < 4.78 is 10.7. The van der Waals surface area contributed by atoms with Crippen molar-refractivity contribution in [2.75, 3.05) is 11.9 Å². The zero-order valence-electron chi connectivity index (χ0n) is 14.6. The number of rotatable bonds is 9. The van der Waals surface area contributed by atoms with Crippen LogP contribution in [0, 0.1) is 10.1 Å². The van der Waals surface area contributed by atoms with E-state index in [1.165, 1.54) is 37.1 Å². The number of nitro groups is 1. The van der Waals surface area contributed by atoms with Crippen molar-refractivity contribution in [2.24, 2.45) is 0 Å². The average Bonchev–Trinajstić information content (AvgIpc) is 2.63. The molecule has 1 amide bonds. The smallest absolute Gasteiger partial charge is 0.417 e. The molecule has 2 aromatic carbocycles. The van der Waals surface area contributed by atoms with E-state index < -0.39 is 11.0 Å². The highest BCUT2D eigenvalue weighted by Crippen LogP contribution is 2.19. The molecule has 138 valence electrons. The number of nitrogens with one attached hydrogen (secondary N) is 1. The Balaban J connectivity index is 1.78. The second-order valence-electron chi connectivity index (χ2n) is 5.70. The number of nitro benzene ring substituents is 1. The highest BCUT2D eigenvalue weighted by molar-refractivity contribution is 5.86. The van der Waals surface area contributed by atoms with E-state index in [1.807, 2.05) is 0 Å². The molecule has 1 N–H and O–H groups in total. The van der Waals surface area contributed by atoms with E-state index >= 15 is 0 Å². The lowest BCUT2D eigenvalue weighted by atomic mass is 10.2. The fourth-order valence-electron chi connectivity index (χ4n) is 2.24. The molecule has 0 fully saturated rings. The van der Waals surface area contributed by atoms with E-state index in [-0.39, 0.29) is 11.4 Å². The number of carbonyl (C=O) groups excluding carboxylic acids is 1. The van der Waals surface area contributed by atoms with Crippen LogP contribution in [0.5, 0.6) is 11.5 Å². The molecule has 0 aliphatic carbocycles. The summed E-state index contributed by atoms with van der Waals surface area (Å²) in [6.07, 6.45) is 3.91. The van der Waals surface area contributed by atoms with Crippen LogP contribution in [-0.2, 0) is 0 Å². The molecule has 26 heavy (non-hydrogen) atoms. The van der Waals surface area contributed by atoms with Crippen LogP contribution >= 0.6 is 0 Å². The summed E-state index contributed by atoms with van der Waals surface area (Å²) in [6.45, 7) is 2.84. The number of non-ortho nitro benzene ring substituents is 1. The third-order valence-corrected chi connectivity index (χ3v) is 3.63. The first-order valence-electron chi connectivity index (χ1n) is 8.54. The quantitative estimate of drug-likeness (QED) is 0.379. The minimum absolute atomic E-state index is 0.0666. The minimum atomic E-state index is -0.674. The molecular weight excluding hydrogens is 336 g/mol. The molecule has 0 heterocycles. The molecule has 0 unspecified atom stereocenters. The molecule has 0 saturated carbocycles. The summed E-state index contributed by atoms with van der Waals surface area (Å²) in [7, 11) is 0. The first-order chi connectivity index (χ1) is 12.6. The van der Waals surface area contributed by atoms with Gasteiger partial charge in [0.15, 0.2) is 0 Å². The molecule has 0 atom stereocenters. The Morgan fingerprint density at radius 1 is 1.00 bits per heavy atom. The maximum absolute atomic E-state index is 11.9. The van der Waals surface area contributed by atoms with Gasteiger partial charge in [0.2, 0.25) is 0 Å². The number of unbranched alkanes of at least 4 members (excludes halogenated alkanes) is 3. The number of ether oxygens (including phenoxy) is 2. The van der Waals surface area contributed by atoms with Crippen LogP contribution in [-0.4, -0.2) is 17.6 Å². The summed E-state index contributed by atoms with van der Waals surface area (Å²) in [4.78, 5) is 21.9. The van der Waals surface area contributed by atoms with Gasteiger partial charge < -0.3 is 9.47 Å². The summed E-state index contributed by atoms with van der Waals surface area (Å²) >= 11 is 0. The SMILES string of the molecule is CCCCCCOc1ccc(NC(=O)Oc2ccc([N+](=O)[O-])cc2)cc1. The van der Waals surface area contributed by atoms with Gasteiger partial charge in [0.25, 0.3) is 5.69 Å². The normalized spacial score (nSPS) is 10.2. The van der Waals surface area contributed by atoms with E-state index in [0.717, 1.165) is 18.6 Å². The van der Waals surface area contributed by atoms with Crippen molar-refractivity contribution in [1.29, 1.82) is 0 Å². The molecule has 2 rings (SSSR count). The standard InChI is InChI=1S/C19H22N2O5/c1-2-3-4-5-14-25-17-10-6-15(7-11-17)20-19(22)26-18-12-8-16(9-13-18)21(23)24/h6-13H,2-5,14H2,1H3,(H,20,22). The van der Waals surface area contributed by atoms with Gasteiger partial charge in [0.1, 0.15) is 11.5 Å². The Morgan fingerprint density at radius 3 is 2.27 bits per heavy atom. The number of benzene rings is 2. The van der Waals surface area contributed by atoms with Crippen LogP contribution in [0.1, 0.15) is 32.6 Å². The Kier molecular flexibility index (Phi) is 7.42. The number of nitrogens with zero attached hydrogens (tertiary/aromatic N) is 1. The van der Waals surface area contributed by atoms with Crippen LogP contribution in [0.25, 0.3) is 0 Å². The molecule has 0 aliphatic heterocycles. The molecule has 0 aromatic heterocycles. The van der Waals surface area contributed by atoms with Crippen molar-refractivity contribution in [3.05, 3.63) is 58.6 Å². The van der Waals surface area contributed by atoms with Crippen molar-refractivity contribution in [1.82, 2.24) is 0 Å². The highest BCUT2D eigenvalue weighted by Gasteiger charge is 2.08. The van der Waals surface area contributed by atoms with Crippen molar-refractivity contribution in [3.63, 3.8) is 0 Å². The predicted molar refractivity (Wildman–Crippen MR) is 98.8 cm³/mol. The molecule has 7 nitrogen and oxygen atoms in total. The minimum Gasteiger partial charge on any atom is -0.494 e. The number of amides is 1. The molecule has 0 saturated heterocycles. The Labute approximate surface area is 152 Å². The van der Waals surface area contributed by atoms with Gasteiger partial charge in [-0.05, 0) is 42.8 Å². The lowest BCUT2D eigenvalue weighted by Crippen LogP contribution is -2.16. The summed E-state index contributed by atoms with van der Waals surface area (Å²) in [6, 6.07) is 12.3. The molecule has 7 heteroatoms. The second kappa shape index (κ2) is 10.0. The number of hydrogen-bond donors (Lipinski definition) is 1. The highest BCUT2D eigenvalue weighted by atomic mass is 16.6. The Morgan fingerprint density at radius 2 is 1.65 bits per heavy atom. The first kappa shape index (κ1) is 19.2. The van der Waals surface area contributed by atoms with Crippen LogP contribution in [0.2, 0.25) is 0 Å². The Bertz CT molecular complexity index is 714. The van der Waals surface area contributed by atoms with Gasteiger partial charge in [-0.3, -0.25) is 15.4 Å². The molecule has 0 radical (unpaired) electrons. The van der Waals surface area contributed by atoms with Crippen molar-refractivity contribution >= 4 is 17.5 Å². The van der Waals surface area contributed by atoms with E-state index in [9.17, 15) is 14.9 Å². The van der Waals surface area contributed by atoms with Gasteiger partial charge in [0, 0.05) is 17.8 Å². The second-order valence-corrected chi connectivity index (χ2v) is 5.70. The summed E-state index contributed by atoms with van der Waals surface area (Å²) in [5, 5.41) is 13.2. The number of hydrogen-bond acceptors (Lipinski definition) is 5. The van der Waals surface area contributed by atoms with E-state index in [2.05, 4.69) is 12.2 Å². The predicted octanol–water partition coefficient (Wildman–Crippen LogP) is 5.16. The topological polar surface area (TPSA) is 90.7 Å². The van der Waals surface area contributed by atoms with Gasteiger partial charge in [-0.2, -0.15) is 0 Å². The fraction of sp³-hybridized carbons (Fsp3) is 0.316. The van der Waals surface area contributed by atoms with E-state index in [1.54, 1.807) is 24.3 Å². The largest absolute Gasteiger partial charge is 0.494 e. The monoisotopic (exact) mass is 358 g/mol. The summed E-state index contributed by atoms with van der Waals surface area (Å²) in [5.41, 5.74) is 0.498. The van der Waals surface area contributed by atoms with Gasteiger partial charge in [-0.1, -0.05) is 26.2 Å². The third kappa shape index (κ3) is 6.43. The van der Waals surface area contributed by atoms with Crippen LogP contribution < -0.4 is 14.8 Å². The number of carbonyl (C=O) groups is 1. The van der Waals surface area contributed by atoms with Crippen LogP contribution in [0.4, 0.5) is 16.2 Å². The van der Waals surface area contributed by atoms with Crippen LogP contribution in [0.15, 0.2) is 48.5 Å². The molecule has 2 aromatic rings. The van der Waals surface area contributed by atoms with Crippen molar-refractivity contribution in [2.45, 2.75) is 32.6 Å². The Hall–Kier alpha value is -3.09. The lowest BCUT2D eigenvalue weighted by molar-refractivity contribution is -0.384. The number of anilines is 1. The van der Waals surface area contributed by atoms with Crippen LogP contribution in [0.3, 0.4) is 0 Å². The zero-order valence-corrected chi connectivity index (χ0v) is 14.6. The average molecular weight is 358 g/mol. The molecule has 0 spiro atoms. The lowest BCUT2D eigenvalue weighted by Gasteiger charge is -2.09. The van der Waals surface area contributed by atoms with Crippen molar-refractivity contribution < 1.29 is 19.2 Å². The molecular formula is C19H22N2O5. The van der Waals surface area contributed by atoms with E-state index in [4.69, 9.17) is 9.47 Å². The summed E-state index contributed by atoms with van der Waals surface area (Å²) in [5.74, 6) is 0.968. The first-order valence-corrected chi connectivity index (χ1v) is 8.54. The molecule has 0 bridgehead atoms. The van der Waals surface area contributed by atoms with Crippen molar-refractivity contribution in [3.8, 4) is 11.5 Å². The van der Waals surface area contributed by atoms with Gasteiger partial charge in [0.05, 0.1) is 11.5 Å². The zero-order chi connectivity index (χ0) is 18.8. The molecule has 0 aliphatic rings. The maximum atomic E-state index is 11.9.